The first kappa shape index (κ1) is 28.1. The normalized spacial score (nSPS) is 10.9. The molecule has 2 aromatic rings. The first-order valence-corrected chi connectivity index (χ1v) is 16.6. The van der Waals surface area contributed by atoms with E-state index in [1.54, 1.807) is 45.3 Å². The van der Waals surface area contributed by atoms with Gasteiger partial charge < -0.3 is 0 Å². The van der Waals surface area contributed by atoms with Gasteiger partial charge in [0.2, 0.25) is 20.0 Å². The number of sulfonamides is 2. The number of unbranched alkanes of at least 4 members (excludes halogenated alkanes) is 2. The van der Waals surface area contributed by atoms with Gasteiger partial charge in [-0.15, -0.1) is 0 Å². The molecule has 162 valence electrons. The Balaban J connectivity index is 0.000000407. The smallest absolute Gasteiger partial charge is 0.225 e. The molecule has 0 aliphatic carbocycles. The molecular weight excluding hydrogens is 515 g/mol. The molecule has 2 rings (SSSR count). The van der Waals surface area contributed by atoms with Crippen LogP contribution in [0.5, 0.6) is 0 Å². The van der Waals surface area contributed by atoms with E-state index in [9.17, 15) is 16.8 Å². The molecule has 0 aliphatic rings. The fourth-order valence-electron chi connectivity index (χ4n) is 1.95. The first-order chi connectivity index (χ1) is 13.6. The topological polar surface area (TPSA) is 120 Å². The quantitative estimate of drug-likeness (QED) is 0.386. The summed E-state index contributed by atoms with van der Waals surface area (Å²) in [5.41, 5.74) is 0. The van der Waals surface area contributed by atoms with Crippen LogP contribution in [0.4, 0.5) is 0 Å². The molecule has 0 aromatic heterocycles. The summed E-state index contributed by atoms with van der Waals surface area (Å²) in [4.78, 5) is 0.296. The second kappa shape index (κ2) is 15.8. The molecule has 6 nitrogen and oxygen atoms in total. The number of nitrogens with two attached hydrogens (primary N) is 2. The van der Waals surface area contributed by atoms with Gasteiger partial charge in [-0.1, -0.05) is 36.4 Å². The van der Waals surface area contributed by atoms with Crippen molar-refractivity contribution in [1.82, 2.24) is 0 Å². The zero-order valence-corrected chi connectivity index (χ0v) is 21.6. The molecule has 0 heterocycles. The van der Waals surface area contributed by atoms with Crippen molar-refractivity contribution in [2.24, 2.45) is 10.3 Å². The standard InChI is InChI=1S/2C6H7NO2S.2C4H9.Sn/c2*7-10(8,9)6-4-2-1-3-5-6;2*1-3-4-2;/h2*1-5H,(H2,7,8,9);2*1,3-4H2,2H3;. The monoisotopic (exact) mass is 548 g/mol. The summed E-state index contributed by atoms with van der Waals surface area (Å²) in [6.07, 6.45) is 5.84. The van der Waals surface area contributed by atoms with Gasteiger partial charge in [0.15, 0.2) is 0 Å². The van der Waals surface area contributed by atoms with Crippen molar-refractivity contribution in [3.8, 4) is 0 Å². The van der Waals surface area contributed by atoms with E-state index in [4.69, 9.17) is 10.3 Å². The van der Waals surface area contributed by atoms with Crippen molar-refractivity contribution in [2.45, 2.75) is 58.2 Å². The number of hydrogen-bond donors (Lipinski definition) is 2. The largest absolute Gasteiger partial charge is 0.238 e. The summed E-state index contributed by atoms with van der Waals surface area (Å²) >= 11 is 0.149. The Bertz CT molecular complexity index is 786. The summed E-state index contributed by atoms with van der Waals surface area (Å²) in [6, 6.07) is 15.8. The van der Waals surface area contributed by atoms with Crippen LogP contribution in [0.3, 0.4) is 0 Å². The predicted octanol–water partition coefficient (Wildman–Crippen LogP) is 3.80. The van der Waals surface area contributed by atoms with Crippen LogP contribution >= 0.6 is 0 Å². The zero-order valence-electron chi connectivity index (χ0n) is 17.1. The Morgan fingerprint density at radius 2 is 0.966 bits per heavy atom. The van der Waals surface area contributed by atoms with Gasteiger partial charge in [0.05, 0.1) is 9.79 Å². The molecular formula is C20H32N2O4S2Sn. The van der Waals surface area contributed by atoms with Crippen LogP contribution in [0.15, 0.2) is 70.5 Å². The van der Waals surface area contributed by atoms with Gasteiger partial charge in [0, 0.05) is 0 Å². The molecule has 0 fully saturated rings. The van der Waals surface area contributed by atoms with Gasteiger partial charge in [-0.3, -0.25) is 0 Å². The third kappa shape index (κ3) is 15.5. The molecule has 4 N–H and O–H groups in total. The maximum Gasteiger partial charge on any atom is 0.238 e. The van der Waals surface area contributed by atoms with Crippen molar-refractivity contribution in [1.29, 1.82) is 0 Å². The van der Waals surface area contributed by atoms with E-state index in [-0.39, 0.29) is 30.9 Å². The predicted molar refractivity (Wildman–Crippen MR) is 121 cm³/mol. The first-order valence-electron chi connectivity index (χ1n) is 9.49. The van der Waals surface area contributed by atoms with Crippen molar-refractivity contribution >= 4 is 41.2 Å². The summed E-state index contributed by atoms with van der Waals surface area (Å²) in [7, 11) is -7.01. The van der Waals surface area contributed by atoms with Gasteiger partial charge in [-0.05, 0) is 24.3 Å². The molecule has 0 unspecified atom stereocenters. The fourth-order valence-corrected chi connectivity index (χ4v) is 7.18. The molecule has 0 amide bonds. The van der Waals surface area contributed by atoms with E-state index in [0.717, 1.165) is 0 Å². The van der Waals surface area contributed by atoms with Crippen LogP contribution in [0.2, 0.25) is 8.87 Å². The molecule has 0 atom stereocenters. The second-order valence-electron chi connectivity index (χ2n) is 6.17. The third-order valence-electron chi connectivity index (χ3n) is 3.56. The number of primary sulfonamides is 2. The van der Waals surface area contributed by atoms with Crippen LogP contribution in [0.25, 0.3) is 0 Å². The molecule has 0 saturated carbocycles. The molecule has 2 aromatic carbocycles. The maximum atomic E-state index is 10.6. The van der Waals surface area contributed by atoms with Gasteiger partial charge in [-0.2, -0.15) is 0 Å². The molecule has 9 heteroatoms. The molecule has 2 radical (unpaired) electrons. The van der Waals surface area contributed by atoms with E-state index < -0.39 is 20.0 Å². The maximum absolute atomic E-state index is 10.6. The van der Waals surface area contributed by atoms with Crippen molar-refractivity contribution < 1.29 is 16.8 Å². The van der Waals surface area contributed by atoms with E-state index in [0.29, 0.717) is 0 Å². The van der Waals surface area contributed by atoms with Crippen LogP contribution in [0, 0.1) is 0 Å². The third-order valence-corrected chi connectivity index (χ3v) is 9.45. The Morgan fingerprint density at radius 1 is 0.655 bits per heavy atom. The van der Waals surface area contributed by atoms with E-state index >= 15 is 0 Å². The number of benzene rings is 2. The summed E-state index contributed by atoms with van der Waals surface area (Å²) in [5.74, 6) is 0. The number of rotatable bonds is 8. The van der Waals surface area contributed by atoms with E-state index in [1.807, 2.05) is 0 Å². The van der Waals surface area contributed by atoms with Gasteiger partial charge >= 0.3 is 69.5 Å². The molecule has 0 bridgehead atoms. The van der Waals surface area contributed by atoms with Crippen LogP contribution in [0.1, 0.15) is 39.5 Å². The van der Waals surface area contributed by atoms with Gasteiger partial charge in [0.1, 0.15) is 0 Å². The Kier molecular flexibility index (Phi) is 15.3. The summed E-state index contributed by atoms with van der Waals surface area (Å²) in [6.45, 7) is 4.58. The average molecular weight is 547 g/mol. The Hall–Kier alpha value is -0.941. The number of hydrogen-bond acceptors (Lipinski definition) is 4. The van der Waals surface area contributed by atoms with E-state index in [2.05, 4.69) is 13.8 Å². The minimum Gasteiger partial charge on any atom is -0.225 e. The van der Waals surface area contributed by atoms with E-state index in [1.165, 1.54) is 49.9 Å². The molecule has 0 aliphatic heterocycles. The van der Waals surface area contributed by atoms with Gasteiger partial charge in [-0.25, -0.2) is 27.1 Å². The SMILES string of the molecule is CCC[CH2][Sn][CH2]CCC.NS(=O)(=O)c1ccccc1.NS(=O)(=O)c1ccccc1. The fraction of sp³-hybridized carbons (Fsp3) is 0.400. The van der Waals surface area contributed by atoms with Crippen LogP contribution < -0.4 is 10.3 Å². The summed E-state index contributed by atoms with van der Waals surface area (Å²) < 4.78 is 45.7. The second-order valence-corrected chi connectivity index (χ2v) is 13.6. The van der Waals surface area contributed by atoms with Crippen molar-refractivity contribution in [2.75, 3.05) is 0 Å². The van der Waals surface area contributed by atoms with Crippen LogP contribution in [-0.4, -0.2) is 38.0 Å². The summed E-state index contributed by atoms with van der Waals surface area (Å²) in [5, 5.41) is 9.66. The Morgan fingerprint density at radius 3 is 1.17 bits per heavy atom. The zero-order chi connectivity index (χ0) is 22.2. The molecule has 0 spiro atoms. The average Bonchev–Trinajstić information content (AvgIpc) is 2.69. The van der Waals surface area contributed by atoms with Crippen molar-refractivity contribution in [3.05, 3.63) is 60.7 Å². The minimum absolute atomic E-state index is 0.148. The molecule has 29 heavy (non-hydrogen) atoms. The Labute approximate surface area is 186 Å². The minimum atomic E-state index is -3.50. The van der Waals surface area contributed by atoms with Crippen LogP contribution in [-0.2, 0) is 20.0 Å². The van der Waals surface area contributed by atoms with Crippen molar-refractivity contribution in [3.63, 3.8) is 0 Å². The molecule has 0 saturated heterocycles. The van der Waals surface area contributed by atoms with Gasteiger partial charge in [0.25, 0.3) is 0 Å².